The van der Waals surface area contributed by atoms with Crippen molar-refractivity contribution in [1.29, 1.82) is 0 Å². The van der Waals surface area contributed by atoms with E-state index < -0.39 is 5.67 Å². The summed E-state index contributed by atoms with van der Waals surface area (Å²) in [5, 5.41) is 4.25. The Labute approximate surface area is 117 Å². The van der Waals surface area contributed by atoms with Crippen molar-refractivity contribution in [3.05, 3.63) is 17.5 Å². The second-order valence-electron chi connectivity index (χ2n) is 5.72. The molecule has 1 aromatic heterocycles. The topological polar surface area (TPSA) is 47.4 Å². The Hall–Kier alpha value is -1.43. The molecule has 0 bridgehead atoms. The molecule has 0 saturated heterocycles. The third kappa shape index (κ3) is 1.93. The molecule has 6 heteroatoms. The SMILES string of the molecule is COC[C@@H]1c2c(cnn2C)CCN1C(=O)C1(F)CCC1. The zero-order chi connectivity index (χ0) is 14.3. The van der Waals surface area contributed by atoms with E-state index in [-0.39, 0.29) is 11.9 Å². The van der Waals surface area contributed by atoms with Gasteiger partial charge >= 0.3 is 0 Å². The lowest BCUT2D eigenvalue weighted by molar-refractivity contribution is -0.154. The number of aromatic nitrogens is 2. The molecule has 0 N–H and O–H groups in total. The average molecular weight is 281 g/mol. The van der Waals surface area contributed by atoms with E-state index in [4.69, 9.17) is 4.74 Å². The Kier molecular flexibility index (Phi) is 3.28. The molecular weight excluding hydrogens is 261 g/mol. The number of nitrogens with zero attached hydrogens (tertiary/aromatic N) is 3. The lowest BCUT2D eigenvalue weighted by Gasteiger charge is -2.42. The second kappa shape index (κ2) is 4.84. The maximum Gasteiger partial charge on any atom is 0.260 e. The van der Waals surface area contributed by atoms with Gasteiger partial charge in [0.2, 0.25) is 0 Å². The Morgan fingerprint density at radius 1 is 1.60 bits per heavy atom. The van der Waals surface area contributed by atoms with Gasteiger partial charge in [-0.15, -0.1) is 0 Å². The minimum absolute atomic E-state index is 0.239. The van der Waals surface area contributed by atoms with Crippen LogP contribution in [0.5, 0.6) is 0 Å². The van der Waals surface area contributed by atoms with E-state index in [1.807, 2.05) is 13.2 Å². The summed E-state index contributed by atoms with van der Waals surface area (Å²) in [6.07, 6.45) is 4.04. The van der Waals surface area contributed by atoms with E-state index in [0.29, 0.717) is 26.0 Å². The maximum atomic E-state index is 14.4. The Bertz CT molecular complexity index is 524. The van der Waals surface area contributed by atoms with E-state index in [2.05, 4.69) is 5.10 Å². The molecule has 110 valence electrons. The van der Waals surface area contributed by atoms with Crippen LogP contribution in [0.3, 0.4) is 0 Å². The molecule has 1 aliphatic carbocycles. The van der Waals surface area contributed by atoms with Gasteiger partial charge in [-0.1, -0.05) is 0 Å². The number of hydrogen-bond acceptors (Lipinski definition) is 3. The third-order valence-corrected chi connectivity index (χ3v) is 4.49. The number of fused-ring (bicyclic) bond motifs is 1. The van der Waals surface area contributed by atoms with Crippen molar-refractivity contribution in [2.75, 3.05) is 20.3 Å². The van der Waals surface area contributed by atoms with Gasteiger partial charge in [-0.25, -0.2) is 4.39 Å². The number of alkyl halides is 1. The first-order chi connectivity index (χ1) is 9.57. The zero-order valence-corrected chi connectivity index (χ0v) is 11.9. The van der Waals surface area contributed by atoms with Crippen LogP contribution < -0.4 is 0 Å². The van der Waals surface area contributed by atoms with E-state index in [1.54, 1.807) is 16.7 Å². The van der Waals surface area contributed by atoms with Gasteiger partial charge in [-0.2, -0.15) is 5.10 Å². The molecule has 1 fully saturated rings. The molecule has 1 atom stereocenters. The molecule has 20 heavy (non-hydrogen) atoms. The molecule has 1 aromatic rings. The molecular formula is C14H20FN3O2. The molecule has 2 heterocycles. The lowest BCUT2D eigenvalue weighted by atomic mass is 9.80. The average Bonchev–Trinajstić information content (AvgIpc) is 2.78. The quantitative estimate of drug-likeness (QED) is 0.841. The molecule has 0 radical (unpaired) electrons. The summed E-state index contributed by atoms with van der Waals surface area (Å²) < 4.78 is 21.5. The number of aryl methyl sites for hydroxylation is 1. The molecule has 1 amide bonds. The van der Waals surface area contributed by atoms with Crippen LogP contribution in [-0.4, -0.2) is 46.5 Å². The van der Waals surface area contributed by atoms with Crippen LogP contribution in [0, 0.1) is 0 Å². The number of halogens is 1. The number of carbonyl (C=O) groups is 1. The fourth-order valence-electron chi connectivity index (χ4n) is 3.19. The second-order valence-corrected chi connectivity index (χ2v) is 5.72. The molecule has 1 saturated carbocycles. The summed E-state index contributed by atoms with van der Waals surface area (Å²) in [5.74, 6) is -0.377. The zero-order valence-electron chi connectivity index (χ0n) is 11.9. The van der Waals surface area contributed by atoms with Crippen LogP contribution in [0.1, 0.15) is 36.6 Å². The fraction of sp³-hybridized carbons (Fsp3) is 0.714. The van der Waals surface area contributed by atoms with Gasteiger partial charge < -0.3 is 9.64 Å². The molecule has 0 spiro atoms. The fourth-order valence-corrected chi connectivity index (χ4v) is 3.19. The van der Waals surface area contributed by atoms with Crippen molar-refractivity contribution in [2.24, 2.45) is 7.05 Å². The maximum absolute atomic E-state index is 14.4. The molecule has 0 aromatic carbocycles. The van der Waals surface area contributed by atoms with Crippen LogP contribution in [0.25, 0.3) is 0 Å². The highest BCUT2D eigenvalue weighted by Gasteiger charge is 2.49. The van der Waals surface area contributed by atoms with Crippen LogP contribution in [0.15, 0.2) is 6.20 Å². The molecule has 1 aliphatic heterocycles. The molecule has 5 nitrogen and oxygen atoms in total. The number of hydrogen-bond donors (Lipinski definition) is 0. The van der Waals surface area contributed by atoms with Gasteiger partial charge in [0, 0.05) is 20.7 Å². The van der Waals surface area contributed by atoms with Crippen molar-refractivity contribution in [3.63, 3.8) is 0 Å². The first kappa shape index (κ1) is 13.5. The number of ether oxygens (including phenoxy) is 1. The number of amides is 1. The predicted molar refractivity (Wildman–Crippen MR) is 70.9 cm³/mol. The summed E-state index contributed by atoms with van der Waals surface area (Å²) in [5.41, 5.74) is 0.441. The number of carbonyl (C=O) groups excluding carboxylic acids is 1. The standard InChI is InChI=1S/C14H20FN3O2/c1-17-12-10(8-16-17)4-7-18(11(12)9-20-2)13(19)14(15)5-3-6-14/h8,11H,3-7,9H2,1-2H3/t11-/m1/s1. The first-order valence-electron chi connectivity index (χ1n) is 7.06. The molecule has 3 rings (SSSR count). The summed E-state index contributed by atoms with van der Waals surface area (Å²) in [7, 11) is 3.45. The van der Waals surface area contributed by atoms with Crippen molar-refractivity contribution < 1.29 is 13.9 Å². The summed E-state index contributed by atoms with van der Waals surface area (Å²) in [4.78, 5) is 14.1. The summed E-state index contributed by atoms with van der Waals surface area (Å²) in [6, 6.07) is -0.239. The molecule has 2 aliphatic rings. The van der Waals surface area contributed by atoms with Gasteiger partial charge in [0.05, 0.1) is 24.5 Å². The van der Waals surface area contributed by atoms with E-state index in [0.717, 1.165) is 24.1 Å². The minimum atomic E-state index is -1.65. The van der Waals surface area contributed by atoms with Crippen LogP contribution >= 0.6 is 0 Å². The normalized spacial score (nSPS) is 24.1. The monoisotopic (exact) mass is 281 g/mol. The Balaban J connectivity index is 1.91. The van der Waals surface area contributed by atoms with Gasteiger partial charge in [0.25, 0.3) is 5.91 Å². The predicted octanol–water partition coefficient (Wildman–Crippen LogP) is 1.38. The summed E-state index contributed by atoms with van der Waals surface area (Å²) in [6.45, 7) is 0.908. The number of methoxy groups -OCH3 is 1. The Morgan fingerprint density at radius 2 is 2.35 bits per heavy atom. The minimum Gasteiger partial charge on any atom is -0.382 e. The smallest absolute Gasteiger partial charge is 0.260 e. The van der Waals surface area contributed by atoms with Crippen molar-refractivity contribution >= 4 is 5.91 Å². The van der Waals surface area contributed by atoms with Gasteiger partial charge in [0.1, 0.15) is 0 Å². The highest BCUT2D eigenvalue weighted by Crippen LogP contribution is 2.40. The van der Waals surface area contributed by atoms with Crippen LogP contribution in [-0.2, 0) is 23.0 Å². The molecule has 0 unspecified atom stereocenters. The van der Waals surface area contributed by atoms with Gasteiger partial charge in [-0.05, 0) is 31.2 Å². The van der Waals surface area contributed by atoms with Gasteiger partial charge in [-0.3, -0.25) is 9.48 Å². The van der Waals surface area contributed by atoms with Crippen LogP contribution in [0.4, 0.5) is 4.39 Å². The highest BCUT2D eigenvalue weighted by atomic mass is 19.1. The van der Waals surface area contributed by atoms with Crippen molar-refractivity contribution in [1.82, 2.24) is 14.7 Å². The first-order valence-corrected chi connectivity index (χ1v) is 7.06. The summed E-state index contributed by atoms with van der Waals surface area (Å²) >= 11 is 0. The lowest BCUT2D eigenvalue weighted by Crippen LogP contribution is -2.54. The van der Waals surface area contributed by atoms with Crippen molar-refractivity contribution in [2.45, 2.75) is 37.4 Å². The van der Waals surface area contributed by atoms with Crippen molar-refractivity contribution in [3.8, 4) is 0 Å². The van der Waals surface area contributed by atoms with E-state index >= 15 is 0 Å². The Morgan fingerprint density at radius 3 is 2.95 bits per heavy atom. The largest absolute Gasteiger partial charge is 0.382 e. The number of rotatable bonds is 3. The highest BCUT2D eigenvalue weighted by molar-refractivity contribution is 5.86. The van der Waals surface area contributed by atoms with E-state index in [9.17, 15) is 9.18 Å². The third-order valence-electron chi connectivity index (χ3n) is 4.49. The van der Waals surface area contributed by atoms with E-state index in [1.165, 1.54) is 0 Å². The van der Waals surface area contributed by atoms with Crippen LogP contribution in [0.2, 0.25) is 0 Å². The van der Waals surface area contributed by atoms with Gasteiger partial charge in [0.15, 0.2) is 5.67 Å².